The molecule has 0 spiro atoms. The molecular weight excluding hydrogens is 574 g/mol. The highest BCUT2D eigenvalue weighted by Gasteiger charge is 2.21. The van der Waals surface area contributed by atoms with Crippen LogP contribution in [0.2, 0.25) is 0 Å². The van der Waals surface area contributed by atoms with E-state index >= 15 is 0 Å². The molecule has 214 valence electrons. The summed E-state index contributed by atoms with van der Waals surface area (Å²) in [6.45, 7) is 0.0758. The molecule has 0 fully saturated rings. The van der Waals surface area contributed by atoms with Gasteiger partial charge in [0.15, 0.2) is 0 Å². The van der Waals surface area contributed by atoms with Crippen LogP contribution in [0, 0.1) is 10.1 Å². The van der Waals surface area contributed by atoms with Gasteiger partial charge in [-0.3, -0.25) is 14.8 Å². The number of aromatic carboxylic acids is 1. The average Bonchev–Trinajstić information content (AvgIpc) is 2.93. The second-order valence-electron chi connectivity index (χ2n) is 8.95. The molecule has 41 heavy (non-hydrogen) atoms. The van der Waals surface area contributed by atoms with Crippen molar-refractivity contribution in [1.29, 1.82) is 0 Å². The predicted molar refractivity (Wildman–Crippen MR) is 151 cm³/mol. The van der Waals surface area contributed by atoms with Gasteiger partial charge in [-0.25, -0.2) is 26.4 Å². The van der Waals surface area contributed by atoms with Crippen molar-refractivity contribution in [3.63, 3.8) is 0 Å². The summed E-state index contributed by atoms with van der Waals surface area (Å²) in [6, 6.07) is 14.4. The van der Waals surface area contributed by atoms with Crippen LogP contribution < -0.4 is 14.2 Å². The van der Waals surface area contributed by atoms with Crippen LogP contribution in [0.1, 0.15) is 28.8 Å². The number of carboxylic acids is 1. The molecule has 3 aromatic rings. The number of nitrogens with one attached hydrogen (secondary N) is 2. The van der Waals surface area contributed by atoms with E-state index in [4.69, 9.17) is 4.74 Å². The van der Waals surface area contributed by atoms with Crippen molar-refractivity contribution in [1.82, 2.24) is 4.72 Å². The number of benzene rings is 3. The van der Waals surface area contributed by atoms with Crippen molar-refractivity contribution in [3.05, 3.63) is 112 Å². The molecule has 0 aliphatic heterocycles. The minimum absolute atomic E-state index is 0.0758. The Morgan fingerprint density at radius 1 is 0.951 bits per heavy atom. The lowest BCUT2D eigenvalue weighted by atomic mass is 10.1. The number of nitro benzene ring substituents is 1. The minimum Gasteiger partial charge on any atom is -0.478 e. The normalized spacial score (nSPS) is 13.3. The second kappa shape index (κ2) is 12.3. The fourth-order valence-corrected chi connectivity index (χ4v) is 6.07. The molecule has 0 aromatic heterocycles. The maximum absolute atomic E-state index is 12.7. The summed E-state index contributed by atoms with van der Waals surface area (Å²) in [4.78, 5) is 21.7. The molecule has 0 bridgehead atoms. The van der Waals surface area contributed by atoms with Crippen LogP contribution in [0.15, 0.2) is 95.4 Å². The number of ether oxygens (including phenoxy) is 1. The number of rotatable bonds is 12. The number of hydrogen-bond acceptors (Lipinski definition) is 8. The first kappa shape index (κ1) is 29.5. The quantitative estimate of drug-likeness (QED) is 0.198. The largest absolute Gasteiger partial charge is 0.478 e. The molecule has 1 aliphatic rings. The molecule has 0 atom stereocenters. The number of carboxylic acid groups (broad SMARTS) is 1. The Morgan fingerprint density at radius 2 is 1.63 bits per heavy atom. The highest BCUT2D eigenvalue weighted by atomic mass is 32.2. The number of anilines is 1. The SMILES string of the molecule is O=C(O)c1cc(Oc2ccc(CNS(=O)(=O)CC3=CCCC=C3)cc2)ccc1NS(=O)(=O)c1ccc([N+](=O)[O-])cc1. The van der Waals surface area contributed by atoms with Crippen molar-refractivity contribution in [2.45, 2.75) is 24.3 Å². The van der Waals surface area contributed by atoms with Crippen molar-refractivity contribution in [2.24, 2.45) is 0 Å². The van der Waals surface area contributed by atoms with Crippen LogP contribution in [-0.4, -0.2) is 38.6 Å². The number of nitro groups is 1. The molecule has 0 heterocycles. The number of nitrogens with zero attached hydrogens (tertiary/aromatic N) is 1. The first-order valence-corrected chi connectivity index (χ1v) is 15.3. The zero-order valence-electron chi connectivity index (χ0n) is 21.4. The summed E-state index contributed by atoms with van der Waals surface area (Å²) in [5.74, 6) is -1.07. The van der Waals surface area contributed by atoms with E-state index in [1.807, 2.05) is 18.2 Å². The van der Waals surface area contributed by atoms with Crippen molar-refractivity contribution in [2.75, 3.05) is 10.5 Å². The van der Waals surface area contributed by atoms with E-state index in [1.165, 1.54) is 12.1 Å². The fraction of sp³-hybridized carbons (Fsp3) is 0.148. The molecule has 4 rings (SSSR count). The van der Waals surface area contributed by atoms with Crippen LogP contribution in [-0.2, 0) is 26.6 Å². The van der Waals surface area contributed by atoms with E-state index in [0.717, 1.165) is 48.7 Å². The van der Waals surface area contributed by atoms with Crippen molar-refractivity contribution >= 4 is 37.4 Å². The highest BCUT2D eigenvalue weighted by Crippen LogP contribution is 2.29. The molecular formula is C27H25N3O9S2. The molecule has 14 heteroatoms. The molecule has 0 saturated heterocycles. The monoisotopic (exact) mass is 599 g/mol. The lowest BCUT2D eigenvalue weighted by Gasteiger charge is -2.13. The maximum Gasteiger partial charge on any atom is 0.337 e. The van der Waals surface area contributed by atoms with Gasteiger partial charge >= 0.3 is 5.97 Å². The first-order chi connectivity index (χ1) is 19.4. The smallest absolute Gasteiger partial charge is 0.337 e. The topological polar surface area (TPSA) is 182 Å². The summed E-state index contributed by atoms with van der Waals surface area (Å²) < 4.78 is 60.7. The van der Waals surface area contributed by atoms with Gasteiger partial charge in [-0.2, -0.15) is 0 Å². The van der Waals surface area contributed by atoms with Gasteiger partial charge in [-0.1, -0.05) is 30.4 Å². The van der Waals surface area contributed by atoms with E-state index in [2.05, 4.69) is 9.44 Å². The van der Waals surface area contributed by atoms with Crippen LogP contribution in [0.4, 0.5) is 11.4 Å². The van der Waals surface area contributed by atoms with E-state index in [-0.39, 0.29) is 39.9 Å². The summed E-state index contributed by atoms with van der Waals surface area (Å²) in [6.07, 6.45) is 7.37. The first-order valence-electron chi connectivity index (χ1n) is 12.2. The molecule has 0 amide bonds. The molecule has 0 saturated carbocycles. The zero-order chi connectivity index (χ0) is 29.6. The van der Waals surface area contributed by atoms with Gasteiger partial charge in [-0.15, -0.1) is 0 Å². The van der Waals surface area contributed by atoms with E-state index in [9.17, 15) is 36.9 Å². The van der Waals surface area contributed by atoms with Crippen LogP contribution >= 0.6 is 0 Å². The number of hydrogen-bond donors (Lipinski definition) is 3. The Morgan fingerprint density at radius 3 is 2.24 bits per heavy atom. The van der Waals surface area contributed by atoms with E-state index in [0.29, 0.717) is 11.3 Å². The summed E-state index contributed by atoms with van der Waals surface area (Å²) in [5, 5.41) is 20.5. The summed E-state index contributed by atoms with van der Waals surface area (Å²) in [5.41, 5.74) is 0.512. The van der Waals surface area contributed by atoms with Crippen LogP contribution in [0.3, 0.4) is 0 Å². The standard InChI is InChI=1S/C27H25N3O9S2/c31-27(32)25-16-23(12-15-26(25)29-41(37,38)24-13-8-21(9-14-24)30(33)34)39-22-10-6-19(7-11-22)17-28-40(35,36)18-20-4-2-1-3-5-20/h2,4-16,28-29H,1,3,17-18H2,(H,31,32). The molecule has 12 nitrogen and oxygen atoms in total. The number of carbonyl (C=O) groups is 1. The third kappa shape index (κ3) is 8.00. The second-order valence-corrected chi connectivity index (χ2v) is 12.4. The Bertz CT molecular complexity index is 1730. The van der Waals surface area contributed by atoms with Gasteiger partial charge in [-0.05, 0) is 66.4 Å². The molecule has 0 radical (unpaired) electrons. The minimum atomic E-state index is -4.24. The Balaban J connectivity index is 1.41. The Labute approximate surface area is 236 Å². The fourth-order valence-electron chi connectivity index (χ4n) is 3.85. The van der Waals surface area contributed by atoms with Crippen molar-refractivity contribution < 1.29 is 36.4 Å². The molecule has 1 aliphatic carbocycles. The van der Waals surface area contributed by atoms with Crippen LogP contribution in [0.5, 0.6) is 11.5 Å². The predicted octanol–water partition coefficient (Wildman–Crippen LogP) is 4.58. The molecule has 3 N–H and O–H groups in total. The summed E-state index contributed by atoms with van der Waals surface area (Å²) >= 11 is 0. The van der Waals surface area contributed by atoms with E-state index < -0.39 is 30.9 Å². The zero-order valence-corrected chi connectivity index (χ0v) is 23.0. The third-order valence-corrected chi connectivity index (χ3v) is 8.59. The number of allylic oxidation sites excluding steroid dienone is 3. The third-order valence-electron chi connectivity index (χ3n) is 5.91. The van der Waals surface area contributed by atoms with Gasteiger partial charge in [0, 0.05) is 18.7 Å². The highest BCUT2D eigenvalue weighted by molar-refractivity contribution is 7.92. The van der Waals surface area contributed by atoms with Gasteiger partial charge in [0.1, 0.15) is 11.5 Å². The van der Waals surface area contributed by atoms with E-state index in [1.54, 1.807) is 24.3 Å². The average molecular weight is 600 g/mol. The van der Waals surface area contributed by atoms with Crippen molar-refractivity contribution in [3.8, 4) is 11.5 Å². The maximum atomic E-state index is 12.7. The van der Waals surface area contributed by atoms with Gasteiger partial charge in [0.25, 0.3) is 15.7 Å². The number of non-ortho nitro benzene ring substituents is 1. The van der Waals surface area contributed by atoms with Gasteiger partial charge in [0.05, 0.1) is 26.8 Å². The van der Waals surface area contributed by atoms with Gasteiger partial charge in [0.2, 0.25) is 10.0 Å². The summed E-state index contributed by atoms with van der Waals surface area (Å²) in [7, 11) is -7.77. The lowest BCUT2D eigenvalue weighted by Crippen LogP contribution is -2.26. The molecule has 0 unspecified atom stereocenters. The van der Waals surface area contributed by atoms with Crippen LogP contribution in [0.25, 0.3) is 0 Å². The molecule has 3 aromatic carbocycles. The lowest BCUT2D eigenvalue weighted by molar-refractivity contribution is -0.384. The Hall–Kier alpha value is -4.53. The van der Waals surface area contributed by atoms with Gasteiger partial charge < -0.3 is 9.84 Å². The Kier molecular flexibility index (Phi) is 8.86. The number of sulfonamides is 2.